The SMILES string of the molecule is O=C(c1cccc(Cl)c1)N1CCCC(c2nnc(C(F)(F)F)o2)C1. The van der Waals surface area contributed by atoms with Crippen molar-refractivity contribution in [3.05, 3.63) is 46.6 Å². The summed E-state index contributed by atoms with van der Waals surface area (Å²) in [7, 11) is 0. The molecule has 24 heavy (non-hydrogen) atoms. The monoisotopic (exact) mass is 359 g/mol. The van der Waals surface area contributed by atoms with Crippen molar-refractivity contribution in [3.63, 3.8) is 0 Å². The molecule has 128 valence electrons. The first-order valence-corrected chi connectivity index (χ1v) is 7.68. The van der Waals surface area contributed by atoms with E-state index in [1.54, 1.807) is 29.2 Å². The Morgan fingerprint density at radius 3 is 2.79 bits per heavy atom. The summed E-state index contributed by atoms with van der Waals surface area (Å²) < 4.78 is 42.4. The largest absolute Gasteiger partial charge is 0.470 e. The van der Waals surface area contributed by atoms with Gasteiger partial charge in [0.25, 0.3) is 5.91 Å². The molecule has 1 saturated heterocycles. The quantitative estimate of drug-likeness (QED) is 0.819. The molecule has 1 aromatic carbocycles. The van der Waals surface area contributed by atoms with E-state index in [1.807, 2.05) is 0 Å². The molecular weight excluding hydrogens is 347 g/mol. The Balaban J connectivity index is 1.75. The van der Waals surface area contributed by atoms with Crippen LogP contribution in [0.5, 0.6) is 0 Å². The highest BCUT2D eigenvalue weighted by molar-refractivity contribution is 6.30. The number of nitrogens with zero attached hydrogens (tertiary/aromatic N) is 3. The lowest BCUT2D eigenvalue weighted by molar-refractivity contribution is -0.157. The van der Waals surface area contributed by atoms with E-state index in [-0.39, 0.29) is 18.3 Å². The van der Waals surface area contributed by atoms with Crippen molar-refractivity contribution < 1.29 is 22.4 Å². The van der Waals surface area contributed by atoms with Crippen LogP contribution in [0.15, 0.2) is 28.7 Å². The van der Waals surface area contributed by atoms with E-state index >= 15 is 0 Å². The minimum absolute atomic E-state index is 0.0917. The number of carbonyl (C=O) groups excluding carboxylic acids is 1. The fourth-order valence-electron chi connectivity index (χ4n) is 2.68. The predicted octanol–water partition coefficient (Wildman–Crippen LogP) is 3.76. The van der Waals surface area contributed by atoms with E-state index in [2.05, 4.69) is 10.2 Å². The van der Waals surface area contributed by atoms with Crippen molar-refractivity contribution in [1.29, 1.82) is 0 Å². The van der Waals surface area contributed by atoms with E-state index in [0.29, 0.717) is 30.0 Å². The zero-order chi connectivity index (χ0) is 17.3. The lowest BCUT2D eigenvalue weighted by atomic mass is 9.97. The lowest BCUT2D eigenvalue weighted by Crippen LogP contribution is -2.39. The van der Waals surface area contributed by atoms with Gasteiger partial charge in [0.1, 0.15) is 0 Å². The molecule has 9 heteroatoms. The zero-order valence-electron chi connectivity index (χ0n) is 12.4. The maximum atomic E-state index is 12.6. The summed E-state index contributed by atoms with van der Waals surface area (Å²) in [6, 6.07) is 6.54. The second kappa shape index (κ2) is 6.43. The molecule has 1 aromatic heterocycles. The van der Waals surface area contributed by atoms with E-state index in [9.17, 15) is 18.0 Å². The molecule has 0 bridgehead atoms. The van der Waals surface area contributed by atoms with E-state index in [1.165, 1.54) is 0 Å². The molecule has 0 radical (unpaired) electrons. The lowest BCUT2D eigenvalue weighted by Gasteiger charge is -2.31. The second-order valence-electron chi connectivity index (χ2n) is 5.54. The van der Waals surface area contributed by atoms with Crippen molar-refractivity contribution in [2.24, 2.45) is 0 Å². The summed E-state index contributed by atoms with van der Waals surface area (Å²) in [4.78, 5) is 14.1. The highest BCUT2D eigenvalue weighted by atomic mass is 35.5. The van der Waals surface area contributed by atoms with Crippen molar-refractivity contribution in [2.75, 3.05) is 13.1 Å². The van der Waals surface area contributed by atoms with Gasteiger partial charge < -0.3 is 9.32 Å². The summed E-state index contributed by atoms with van der Waals surface area (Å²) >= 11 is 5.89. The van der Waals surface area contributed by atoms with E-state index < -0.39 is 18.0 Å². The van der Waals surface area contributed by atoms with Crippen molar-refractivity contribution in [2.45, 2.75) is 24.9 Å². The van der Waals surface area contributed by atoms with Crippen LogP contribution in [0.25, 0.3) is 0 Å². The van der Waals surface area contributed by atoms with Crippen LogP contribution < -0.4 is 0 Å². The molecule has 1 atom stereocenters. The molecule has 0 saturated carbocycles. The predicted molar refractivity (Wildman–Crippen MR) is 78.6 cm³/mol. The Labute approximate surface area is 140 Å². The third-order valence-corrected chi connectivity index (χ3v) is 4.05. The average Bonchev–Trinajstić information content (AvgIpc) is 3.04. The summed E-state index contributed by atoms with van der Waals surface area (Å²) in [6.45, 7) is 0.743. The van der Waals surface area contributed by atoms with Gasteiger partial charge in [-0.3, -0.25) is 4.79 Å². The van der Waals surface area contributed by atoms with Gasteiger partial charge in [0.2, 0.25) is 5.89 Å². The van der Waals surface area contributed by atoms with Gasteiger partial charge in [-0.15, -0.1) is 10.2 Å². The third-order valence-electron chi connectivity index (χ3n) is 3.81. The average molecular weight is 360 g/mol. The number of halogens is 4. The standard InChI is InChI=1S/C15H13ClF3N3O2/c16-11-5-1-3-9(7-11)13(23)22-6-2-4-10(8-22)12-20-21-14(24-12)15(17,18)19/h1,3,5,7,10H,2,4,6,8H2. The zero-order valence-corrected chi connectivity index (χ0v) is 13.1. The highest BCUT2D eigenvalue weighted by Crippen LogP contribution is 2.32. The molecule has 2 heterocycles. The molecule has 1 aliphatic heterocycles. The number of alkyl halides is 3. The van der Waals surface area contributed by atoms with E-state index in [0.717, 1.165) is 0 Å². The topological polar surface area (TPSA) is 59.2 Å². The molecule has 1 fully saturated rings. The van der Waals surface area contributed by atoms with Gasteiger partial charge in [-0.25, -0.2) is 0 Å². The molecule has 1 unspecified atom stereocenters. The smallest absolute Gasteiger partial charge is 0.417 e. The molecule has 3 rings (SSSR count). The van der Waals surface area contributed by atoms with Crippen LogP contribution in [-0.2, 0) is 6.18 Å². The number of hydrogen-bond donors (Lipinski definition) is 0. The number of hydrogen-bond acceptors (Lipinski definition) is 4. The normalized spacial score (nSPS) is 18.7. The molecule has 5 nitrogen and oxygen atoms in total. The molecule has 1 amide bonds. The molecule has 0 spiro atoms. The van der Waals surface area contributed by atoms with Crippen molar-refractivity contribution in [3.8, 4) is 0 Å². The number of piperidine rings is 1. The fraction of sp³-hybridized carbons (Fsp3) is 0.400. The number of carbonyl (C=O) groups is 1. The summed E-state index contributed by atoms with van der Waals surface area (Å²) in [5.74, 6) is -2.09. The van der Waals surface area contributed by atoms with Gasteiger partial charge in [0.15, 0.2) is 0 Å². The number of benzene rings is 1. The van der Waals surface area contributed by atoms with Crippen molar-refractivity contribution in [1.82, 2.24) is 15.1 Å². The van der Waals surface area contributed by atoms with Crippen LogP contribution in [0.2, 0.25) is 5.02 Å². The van der Waals surface area contributed by atoms with Gasteiger partial charge in [-0.1, -0.05) is 17.7 Å². The van der Waals surface area contributed by atoms with Crippen LogP contribution in [0.4, 0.5) is 13.2 Å². The Morgan fingerprint density at radius 1 is 1.33 bits per heavy atom. The number of likely N-dealkylation sites (tertiary alicyclic amines) is 1. The Morgan fingerprint density at radius 2 is 2.12 bits per heavy atom. The number of rotatable bonds is 2. The summed E-state index contributed by atoms with van der Waals surface area (Å²) in [5, 5.41) is 6.98. The van der Waals surface area contributed by atoms with Gasteiger partial charge in [-0.05, 0) is 31.0 Å². The second-order valence-corrected chi connectivity index (χ2v) is 5.98. The molecule has 1 aliphatic rings. The first-order valence-electron chi connectivity index (χ1n) is 7.30. The van der Waals surface area contributed by atoms with E-state index in [4.69, 9.17) is 16.0 Å². The van der Waals surface area contributed by atoms with Crippen molar-refractivity contribution >= 4 is 17.5 Å². The number of aromatic nitrogens is 2. The number of amides is 1. The minimum Gasteiger partial charge on any atom is -0.417 e. The molecular formula is C15H13ClF3N3O2. The van der Waals surface area contributed by atoms with Gasteiger partial charge >= 0.3 is 12.1 Å². The fourth-order valence-corrected chi connectivity index (χ4v) is 2.87. The Hall–Kier alpha value is -2.09. The van der Waals surface area contributed by atoms with Crippen LogP contribution in [0, 0.1) is 0 Å². The minimum atomic E-state index is -4.67. The van der Waals surface area contributed by atoms with Crippen LogP contribution in [-0.4, -0.2) is 34.1 Å². The first kappa shape index (κ1) is 16.8. The molecule has 0 N–H and O–H groups in total. The first-order chi connectivity index (χ1) is 11.3. The van der Waals surface area contributed by atoms with Gasteiger partial charge in [-0.2, -0.15) is 13.2 Å². The maximum absolute atomic E-state index is 12.6. The summed E-state index contributed by atoms with van der Waals surface area (Å²) in [6.07, 6.45) is -3.45. The van der Waals surface area contributed by atoms with Crippen LogP contribution >= 0.6 is 11.6 Å². The highest BCUT2D eigenvalue weighted by Gasteiger charge is 2.39. The molecule has 2 aromatic rings. The Kier molecular flexibility index (Phi) is 4.49. The van der Waals surface area contributed by atoms with Gasteiger partial charge in [0, 0.05) is 23.7 Å². The maximum Gasteiger partial charge on any atom is 0.470 e. The third kappa shape index (κ3) is 3.53. The van der Waals surface area contributed by atoms with Gasteiger partial charge in [0.05, 0.1) is 5.92 Å². The Bertz CT molecular complexity index is 748. The summed E-state index contributed by atoms with van der Waals surface area (Å²) in [5.41, 5.74) is 0.435. The molecule has 0 aliphatic carbocycles. The van der Waals surface area contributed by atoms with Crippen LogP contribution in [0.1, 0.15) is 40.9 Å². The van der Waals surface area contributed by atoms with Crippen LogP contribution in [0.3, 0.4) is 0 Å².